The molecule has 140 valence electrons. The van der Waals surface area contributed by atoms with Gasteiger partial charge in [0.2, 0.25) is 0 Å². The number of fused-ring (bicyclic) bond motifs is 1. The molecule has 0 spiro atoms. The van der Waals surface area contributed by atoms with Gasteiger partial charge in [-0.1, -0.05) is 11.3 Å². The van der Waals surface area contributed by atoms with Crippen LogP contribution >= 0.6 is 11.3 Å². The molecular weight excluding hydrogens is 373 g/mol. The maximum atomic E-state index is 13.0. The Hall–Kier alpha value is -2.27. The summed E-state index contributed by atoms with van der Waals surface area (Å²) in [6.07, 6.45) is -3.96. The molecule has 1 fully saturated rings. The van der Waals surface area contributed by atoms with E-state index in [0.717, 1.165) is 30.8 Å². The van der Waals surface area contributed by atoms with Crippen LogP contribution in [0.1, 0.15) is 12.0 Å². The molecule has 0 aliphatic carbocycles. The molecule has 1 aromatic carbocycles. The Labute approximate surface area is 149 Å². The van der Waals surface area contributed by atoms with E-state index in [1.165, 1.54) is 0 Å². The van der Waals surface area contributed by atoms with Gasteiger partial charge in [0.1, 0.15) is 4.70 Å². The minimum atomic E-state index is -4.79. The van der Waals surface area contributed by atoms with Crippen LogP contribution in [0.25, 0.3) is 10.1 Å². The number of anilines is 1. The summed E-state index contributed by atoms with van der Waals surface area (Å²) in [6, 6.07) is 1.17. The average Bonchev–Trinajstić information content (AvgIpc) is 2.98. The van der Waals surface area contributed by atoms with Crippen molar-refractivity contribution in [3.63, 3.8) is 0 Å². The van der Waals surface area contributed by atoms with Crippen molar-refractivity contribution in [3.05, 3.63) is 38.2 Å². The van der Waals surface area contributed by atoms with Crippen molar-refractivity contribution in [2.75, 3.05) is 32.1 Å². The first-order valence-electron chi connectivity index (χ1n) is 7.70. The third kappa shape index (κ3) is 3.36. The molecule has 0 radical (unpaired) electrons. The number of hydrogen-bond donors (Lipinski definition) is 0. The van der Waals surface area contributed by atoms with Gasteiger partial charge >= 0.3 is 6.18 Å². The van der Waals surface area contributed by atoms with Crippen molar-refractivity contribution < 1.29 is 18.1 Å². The Morgan fingerprint density at radius 3 is 2.65 bits per heavy atom. The molecule has 0 saturated carbocycles. The summed E-state index contributed by atoms with van der Waals surface area (Å²) in [6.45, 7) is 1.61. The summed E-state index contributed by atoms with van der Waals surface area (Å²) in [7, 11) is 3.68. The molecule has 1 aliphatic heterocycles. The number of aromatic nitrogens is 1. The van der Waals surface area contributed by atoms with Crippen molar-refractivity contribution in [2.24, 2.45) is 0 Å². The molecule has 0 N–H and O–H groups in total. The number of nitro benzene ring substituents is 1. The smallest absolute Gasteiger partial charge is 0.347 e. The molecule has 1 unspecified atom stereocenters. The van der Waals surface area contributed by atoms with E-state index in [2.05, 4.69) is 9.88 Å². The van der Waals surface area contributed by atoms with Crippen LogP contribution in [0.2, 0.25) is 0 Å². The molecule has 11 heteroatoms. The van der Waals surface area contributed by atoms with Crippen LogP contribution in [0.4, 0.5) is 24.0 Å². The predicted molar refractivity (Wildman–Crippen MR) is 91.9 cm³/mol. The first-order chi connectivity index (χ1) is 12.1. The second-order valence-electron chi connectivity index (χ2n) is 6.24. The number of rotatable bonds is 3. The molecule has 0 amide bonds. The lowest BCUT2D eigenvalue weighted by atomic mass is 10.1. The molecule has 7 nitrogen and oxygen atoms in total. The van der Waals surface area contributed by atoms with Crippen LogP contribution in [-0.4, -0.2) is 48.0 Å². The summed E-state index contributed by atoms with van der Waals surface area (Å²) in [4.78, 5) is 30.4. The molecule has 1 aromatic heterocycles. The van der Waals surface area contributed by atoms with Gasteiger partial charge in [-0.2, -0.15) is 18.2 Å². The van der Waals surface area contributed by atoms with Crippen LogP contribution < -0.4 is 10.5 Å². The molecule has 1 saturated heterocycles. The van der Waals surface area contributed by atoms with E-state index in [0.29, 0.717) is 12.1 Å². The minimum absolute atomic E-state index is 0.0779. The Morgan fingerprint density at radius 2 is 2.12 bits per heavy atom. The number of nitro groups is 1. The van der Waals surface area contributed by atoms with Crippen molar-refractivity contribution in [3.8, 4) is 0 Å². The van der Waals surface area contributed by atoms with Gasteiger partial charge in [-0.05, 0) is 26.1 Å². The third-order valence-corrected chi connectivity index (χ3v) is 5.63. The normalized spacial score (nSPS) is 18.4. The average molecular weight is 388 g/mol. The predicted octanol–water partition coefficient (Wildman–Crippen LogP) is 2.72. The largest absolute Gasteiger partial charge is 0.416 e. The molecule has 1 aliphatic rings. The van der Waals surface area contributed by atoms with Gasteiger partial charge in [0.05, 0.1) is 15.9 Å². The van der Waals surface area contributed by atoms with Gasteiger partial charge in [0.15, 0.2) is 5.13 Å². The highest BCUT2D eigenvalue weighted by Gasteiger charge is 2.34. The zero-order chi connectivity index (χ0) is 19.2. The molecule has 26 heavy (non-hydrogen) atoms. The summed E-state index contributed by atoms with van der Waals surface area (Å²) in [5, 5.41) is 11.2. The Kier molecular flexibility index (Phi) is 4.61. The lowest BCUT2D eigenvalue weighted by Gasteiger charge is -2.24. The second kappa shape index (κ2) is 6.47. The van der Waals surface area contributed by atoms with Crippen LogP contribution in [0.15, 0.2) is 16.9 Å². The number of alkyl halides is 3. The van der Waals surface area contributed by atoms with E-state index in [4.69, 9.17) is 0 Å². The van der Waals surface area contributed by atoms with E-state index in [-0.39, 0.29) is 15.9 Å². The van der Waals surface area contributed by atoms with E-state index in [1.54, 1.807) is 11.9 Å². The van der Waals surface area contributed by atoms with Gasteiger partial charge in [-0.15, -0.1) is 0 Å². The highest BCUT2D eigenvalue weighted by Crippen LogP contribution is 2.38. The molecule has 2 heterocycles. The van der Waals surface area contributed by atoms with Crippen LogP contribution in [0.5, 0.6) is 0 Å². The van der Waals surface area contributed by atoms with Gasteiger partial charge in [-0.3, -0.25) is 14.9 Å². The third-order valence-electron chi connectivity index (χ3n) is 4.43. The van der Waals surface area contributed by atoms with Crippen molar-refractivity contribution in [1.29, 1.82) is 0 Å². The van der Waals surface area contributed by atoms with Crippen LogP contribution in [0.3, 0.4) is 0 Å². The second-order valence-corrected chi connectivity index (χ2v) is 7.22. The van der Waals surface area contributed by atoms with Gasteiger partial charge in [0, 0.05) is 25.7 Å². The quantitative estimate of drug-likeness (QED) is 0.594. The Bertz CT molecular complexity index is 931. The standard InChI is InChI=1S/C15H15F3N4O3S/c1-20-4-3-9(7-20)21(2)14-19-13(23)10-5-8(15(16,17)18)6-11(22(24)25)12(10)26-14/h5-6,9H,3-4,7H2,1-2H3. The zero-order valence-corrected chi connectivity index (χ0v) is 14.7. The summed E-state index contributed by atoms with van der Waals surface area (Å²) in [5.74, 6) is 0. The maximum absolute atomic E-state index is 13.0. The topological polar surface area (TPSA) is 79.6 Å². The first-order valence-corrected chi connectivity index (χ1v) is 8.51. The lowest BCUT2D eigenvalue weighted by Crippen LogP contribution is -2.34. The van der Waals surface area contributed by atoms with E-state index in [9.17, 15) is 28.1 Å². The van der Waals surface area contributed by atoms with Gasteiger partial charge in [-0.25, -0.2) is 0 Å². The monoisotopic (exact) mass is 388 g/mol. The highest BCUT2D eigenvalue weighted by atomic mass is 32.1. The van der Waals surface area contributed by atoms with E-state index in [1.807, 2.05) is 7.05 Å². The van der Waals surface area contributed by atoms with Crippen molar-refractivity contribution in [2.45, 2.75) is 18.6 Å². The number of benzene rings is 1. The lowest BCUT2D eigenvalue weighted by molar-refractivity contribution is -0.383. The van der Waals surface area contributed by atoms with Gasteiger partial charge in [0.25, 0.3) is 11.2 Å². The highest BCUT2D eigenvalue weighted by molar-refractivity contribution is 7.22. The number of non-ortho nitro benzene ring substituents is 1. The number of nitrogens with zero attached hydrogens (tertiary/aromatic N) is 4. The molecule has 0 bridgehead atoms. The van der Waals surface area contributed by atoms with Crippen LogP contribution in [0, 0.1) is 10.1 Å². The fourth-order valence-corrected chi connectivity index (χ4v) is 4.07. The fraction of sp³-hybridized carbons (Fsp3) is 0.467. The summed E-state index contributed by atoms with van der Waals surface area (Å²) in [5.41, 5.74) is -2.88. The Balaban J connectivity index is 2.17. The van der Waals surface area contributed by atoms with E-state index < -0.39 is 33.3 Å². The maximum Gasteiger partial charge on any atom is 0.416 e. The fourth-order valence-electron chi connectivity index (χ4n) is 2.98. The molecule has 3 rings (SSSR count). The van der Waals surface area contributed by atoms with Crippen molar-refractivity contribution in [1.82, 2.24) is 9.88 Å². The number of likely N-dealkylation sites (N-methyl/N-ethyl adjacent to an activating group) is 2. The van der Waals surface area contributed by atoms with Crippen molar-refractivity contribution >= 4 is 32.2 Å². The van der Waals surface area contributed by atoms with Gasteiger partial charge < -0.3 is 9.80 Å². The molecule has 1 atom stereocenters. The molecule has 2 aromatic rings. The number of hydrogen-bond acceptors (Lipinski definition) is 7. The summed E-state index contributed by atoms with van der Waals surface area (Å²) < 4.78 is 38.9. The summed E-state index contributed by atoms with van der Waals surface area (Å²) >= 11 is 0.859. The minimum Gasteiger partial charge on any atom is -0.347 e. The SMILES string of the molecule is CN1CCC(N(C)c2nc(=O)c3cc(C(F)(F)F)cc([N+](=O)[O-])c3s2)C1. The molecular formula is C15H15F3N4O3S. The number of likely N-dealkylation sites (tertiary alicyclic amines) is 1. The zero-order valence-electron chi connectivity index (χ0n) is 13.9. The first kappa shape index (κ1) is 18.5. The van der Waals surface area contributed by atoms with Crippen LogP contribution in [-0.2, 0) is 6.18 Å². The van der Waals surface area contributed by atoms with E-state index >= 15 is 0 Å². The number of halogens is 3. The Morgan fingerprint density at radius 1 is 1.42 bits per heavy atom.